The van der Waals surface area contributed by atoms with Crippen molar-refractivity contribution in [1.82, 2.24) is 0 Å². The van der Waals surface area contributed by atoms with E-state index < -0.39 is 0 Å². The first-order chi connectivity index (χ1) is 28.5. The van der Waals surface area contributed by atoms with Crippen molar-refractivity contribution in [3.8, 4) is 22.3 Å². The van der Waals surface area contributed by atoms with Crippen molar-refractivity contribution in [2.45, 2.75) is 135 Å². The number of halogens is 2. The average Bonchev–Trinajstić information content (AvgIpc) is 3.83. The Hall–Kier alpha value is -2.22. The van der Waals surface area contributed by atoms with E-state index in [0.717, 1.165) is 41.9 Å². The van der Waals surface area contributed by atoms with Gasteiger partial charge in [0.1, 0.15) is 0 Å². The molecule has 4 heteroatoms. The van der Waals surface area contributed by atoms with Gasteiger partial charge >= 0.3 is 41.9 Å². The third-order valence-electron chi connectivity index (χ3n) is 16.5. The molecule has 0 atom stereocenters. The SMILES string of the molecule is CCc1cc2c(-c3ccc(C45CC6CC(CC(C6)C4)C5)cc3)ccc(C)c2[cH-]1.C[Si](C)=[Zr+2].Cc1cc2c(-c3ccc(C45CC6CC(CC(C6)C4)C5)cc3)ccc(C)c2[cH-]1.[Cl-].[Cl-]. The number of benzene rings is 4. The van der Waals surface area contributed by atoms with Gasteiger partial charge in [-0.15, -0.1) is 68.1 Å². The molecular weight excluding hydrogens is 875 g/mol. The summed E-state index contributed by atoms with van der Waals surface area (Å²) in [5, 5.41) is 5.68. The maximum atomic E-state index is 2.48. The molecule has 8 aliphatic carbocycles. The smallest absolute Gasteiger partial charge is 0.00391 e. The first-order valence-electron chi connectivity index (χ1n) is 23.6. The van der Waals surface area contributed by atoms with Crippen LogP contribution in [0.15, 0.2) is 97.1 Å². The number of hydrogen-bond acceptors (Lipinski definition) is 0. The van der Waals surface area contributed by atoms with E-state index in [4.69, 9.17) is 0 Å². The molecule has 0 saturated heterocycles. The Morgan fingerprint density at radius 1 is 0.525 bits per heavy atom. The van der Waals surface area contributed by atoms with E-state index in [1.54, 1.807) is 34.5 Å². The van der Waals surface area contributed by atoms with Crippen molar-refractivity contribution in [2.75, 3.05) is 0 Å². The van der Waals surface area contributed by atoms with Crippen molar-refractivity contribution in [3.05, 3.63) is 130 Å². The van der Waals surface area contributed by atoms with Crippen molar-refractivity contribution < 1.29 is 48.1 Å². The topological polar surface area (TPSA) is 0 Å². The van der Waals surface area contributed by atoms with Gasteiger partial charge in [-0.1, -0.05) is 99.5 Å². The molecule has 14 rings (SSSR count). The summed E-state index contributed by atoms with van der Waals surface area (Å²) >= 11 is 1.74. The Labute approximate surface area is 395 Å². The summed E-state index contributed by atoms with van der Waals surface area (Å²) in [6, 6.07) is 38.3. The summed E-state index contributed by atoms with van der Waals surface area (Å²) in [7, 11) is 0. The quantitative estimate of drug-likeness (QED) is 0.119. The summed E-state index contributed by atoms with van der Waals surface area (Å²) in [4.78, 5) is 0. The molecule has 61 heavy (non-hydrogen) atoms. The Morgan fingerprint density at radius 3 is 1.23 bits per heavy atom. The molecule has 0 aromatic heterocycles. The molecular formula is C57H66Cl2SiZr-2. The van der Waals surface area contributed by atoms with Gasteiger partial charge in [-0.25, -0.2) is 0 Å². The summed E-state index contributed by atoms with van der Waals surface area (Å²) in [5.41, 5.74) is 15.6. The van der Waals surface area contributed by atoms with Gasteiger partial charge in [0.15, 0.2) is 0 Å². The van der Waals surface area contributed by atoms with E-state index in [-0.39, 0.29) is 30.2 Å². The second-order valence-electron chi connectivity index (χ2n) is 21.3. The molecule has 0 aliphatic heterocycles. The van der Waals surface area contributed by atoms with Crippen LogP contribution in [0, 0.1) is 56.3 Å². The molecule has 8 saturated carbocycles. The number of aryl methyl sites for hydroxylation is 4. The first-order valence-corrected chi connectivity index (χ1v) is 29.7. The third-order valence-corrected chi connectivity index (χ3v) is 16.5. The third kappa shape index (κ3) is 8.70. The van der Waals surface area contributed by atoms with Crippen LogP contribution in [0.4, 0.5) is 0 Å². The van der Waals surface area contributed by atoms with Crippen LogP contribution in [0.2, 0.25) is 13.1 Å². The summed E-state index contributed by atoms with van der Waals surface area (Å²) < 4.78 is 0. The molecule has 318 valence electrons. The first kappa shape index (κ1) is 45.4. The van der Waals surface area contributed by atoms with Crippen LogP contribution in [0.3, 0.4) is 0 Å². The zero-order valence-electron chi connectivity index (χ0n) is 37.7. The zero-order chi connectivity index (χ0) is 40.6. The van der Waals surface area contributed by atoms with E-state index in [1.807, 2.05) is 0 Å². The van der Waals surface area contributed by atoms with Crippen molar-refractivity contribution in [3.63, 3.8) is 0 Å². The average molecular weight is 941 g/mol. The van der Waals surface area contributed by atoms with E-state index in [2.05, 4.69) is 138 Å². The molecule has 0 unspecified atom stereocenters. The van der Waals surface area contributed by atoms with E-state index in [9.17, 15) is 0 Å². The van der Waals surface area contributed by atoms with Gasteiger partial charge in [-0.3, -0.25) is 0 Å². The Bertz CT molecular complexity index is 2440. The van der Waals surface area contributed by atoms with Crippen LogP contribution in [0.5, 0.6) is 0 Å². The second-order valence-corrected chi connectivity index (χ2v) is 30.7. The monoisotopic (exact) mass is 938 g/mol. The summed E-state index contributed by atoms with van der Waals surface area (Å²) in [6.45, 7) is 13.5. The van der Waals surface area contributed by atoms with Crippen molar-refractivity contribution in [2.24, 2.45) is 35.5 Å². The largest absolute Gasteiger partial charge is 1.00 e. The molecule has 0 nitrogen and oxygen atoms in total. The predicted octanol–water partition coefficient (Wildman–Crippen LogP) is 9.67. The molecule has 0 N–H and O–H groups in total. The number of fused-ring (bicyclic) bond motifs is 2. The second kappa shape index (κ2) is 18.0. The van der Waals surface area contributed by atoms with Gasteiger partial charge in [0, 0.05) is 0 Å². The van der Waals surface area contributed by atoms with Crippen LogP contribution in [-0.4, -0.2) is 5.43 Å². The molecule has 0 heterocycles. The van der Waals surface area contributed by atoms with Gasteiger partial charge in [0.2, 0.25) is 0 Å². The van der Waals surface area contributed by atoms with Gasteiger partial charge in [0.05, 0.1) is 0 Å². The molecule has 0 spiro atoms. The fourth-order valence-electron chi connectivity index (χ4n) is 14.7. The minimum absolute atomic E-state index is 0. The molecule has 0 amide bonds. The summed E-state index contributed by atoms with van der Waals surface area (Å²) in [5.74, 6) is 6.08. The normalized spacial score (nSPS) is 28.7. The molecule has 8 fully saturated rings. The van der Waals surface area contributed by atoms with Gasteiger partial charge < -0.3 is 24.8 Å². The molecule has 8 bridgehead atoms. The minimum Gasteiger partial charge on any atom is -1.00 e. The standard InChI is InChI=1S/C28H31.C27H29.C2H6Si.2ClH.Zr/c1-3-19-13-26-18(2)4-9-25(27(26)14-19)23-5-7-24(8-6-23)28-15-20-10-21(16-28)12-22(11-20)17-28;1-17-9-25-18(2)3-8-24(26(25)10-17)22-4-6-23(7-5-22)27-14-19-11-20(15-27)13-21(12-19)16-27;1-3-2;;;/h4-9,13-14,20-22H,3,10-12,15-17H2,1-2H3;3-10,19-21H,11-16H2,1-2H3;1-2H3;2*1H;/q2*-1;;;;+2/p-2. The van der Waals surface area contributed by atoms with Crippen LogP contribution in [-0.2, 0) is 40.6 Å². The molecule has 0 radical (unpaired) electrons. The Balaban J connectivity index is 0.000000151. The van der Waals surface area contributed by atoms with Crippen LogP contribution in [0.1, 0.15) is 117 Å². The van der Waals surface area contributed by atoms with E-state index >= 15 is 0 Å². The summed E-state index contributed by atoms with van der Waals surface area (Å²) in [6.07, 6.45) is 19.0. The van der Waals surface area contributed by atoms with Gasteiger partial charge in [-0.2, -0.15) is 12.1 Å². The van der Waals surface area contributed by atoms with Gasteiger partial charge in [-0.05, 0) is 152 Å². The Kier molecular flexibility index (Phi) is 13.4. The maximum absolute atomic E-state index is 2.48. The van der Waals surface area contributed by atoms with Crippen molar-refractivity contribution in [1.29, 1.82) is 0 Å². The van der Waals surface area contributed by atoms with Gasteiger partial charge in [0.25, 0.3) is 0 Å². The van der Waals surface area contributed by atoms with E-state index in [1.165, 1.54) is 143 Å². The van der Waals surface area contributed by atoms with Crippen LogP contribution >= 0.6 is 0 Å². The van der Waals surface area contributed by atoms with E-state index in [0.29, 0.717) is 10.8 Å². The maximum Gasteiger partial charge on any atom is -0.00391 e. The fraction of sp³-hybridized carbons (Fsp3) is 0.474. The zero-order valence-corrected chi connectivity index (χ0v) is 42.6. The van der Waals surface area contributed by atoms with Crippen LogP contribution in [0.25, 0.3) is 43.8 Å². The predicted molar refractivity (Wildman–Crippen MR) is 251 cm³/mol. The number of rotatable bonds is 5. The van der Waals surface area contributed by atoms with Crippen molar-refractivity contribution >= 4 is 27.0 Å². The van der Waals surface area contributed by atoms with Crippen LogP contribution < -0.4 is 24.8 Å². The molecule has 6 aromatic rings. The molecule has 6 aromatic carbocycles. The Morgan fingerprint density at radius 2 is 0.869 bits per heavy atom. The number of hydrogen-bond donors (Lipinski definition) is 0. The minimum atomic E-state index is 0. The fourth-order valence-corrected chi connectivity index (χ4v) is 14.7. The molecule has 8 aliphatic rings.